The normalized spacial score (nSPS) is 23.1. The molecule has 0 radical (unpaired) electrons. The number of imidazole rings is 1. The molecule has 1 aromatic carbocycles. The SMILES string of the molecule is N#Cc1ccc2c(c1)NC(=O)CC21CCCn2cncc21. The van der Waals surface area contributed by atoms with Crippen molar-refractivity contribution < 1.29 is 4.79 Å². The number of hydrogen-bond acceptors (Lipinski definition) is 3. The third kappa shape index (κ3) is 1.62. The average Bonchev–Trinajstić information content (AvgIpc) is 2.96. The van der Waals surface area contributed by atoms with Gasteiger partial charge in [-0.15, -0.1) is 0 Å². The highest BCUT2D eigenvalue weighted by atomic mass is 16.1. The van der Waals surface area contributed by atoms with E-state index in [-0.39, 0.29) is 11.3 Å². The standard InChI is InChI=1S/C16H14N4O/c17-8-11-2-3-12-13(6-11)19-15(21)7-16(12)4-1-5-20-10-18-9-14(16)20/h2-3,6,9-10H,1,4-5,7H2,(H,19,21). The van der Waals surface area contributed by atoms with Crippen LogP contribution in [0.15, 0.2) is 30.7 Å². The summed E-state index contributed by atoms with van der Waals surface area (Å²) in [5.41, 5.74) is 3.23. The van der Waals surface area contributed by atoms with Crippen molar-refractivity contribution in [2.75, 3.05) is 5.32 Å². The molecule has 0 aliphatic carbocycles. The van der Waals surface area contributed by atoms with E-state index in [4.69, 9.17) is 5.26 Å². The zero-order valence-electron chi connectivity index (χ0n) is 11.5. The molecular weight excluding hydrogens is 264 g/mol. The van der Waals surface area contributed by atoms with Gasteiger partial charge >= 0.3 is 0 Å². The minimum atomic E-state index is -0.305. The number of aryl methyl sites for hydroxylation is 1. The number of amides is 1. The van der Waals surface area contributed by atoms with Crippen molar-refractivity contribution in [1.82, 2.24) is 9.55 Å². The van der Waals surface area contributed by atoms with Crippen molar-refractivity contribution in [2.24, 2.45) is 0 Å². The summed E-state index contributed by atoms with van der Waals surface area (Å²) in [5.74, 6) is 0.00670. The van der Waals surface area contributed by atoms with Gasteiger partial charge in [-0.25, -0.2) is 4.98 Å². The average molecular weight is 278 g/mol. The van der Waals surface area contributed by atoms with Crippen molar-refractivity contribution in [3.63, 3.8) is 0 Å². The second-order valence-corrected chi connectivity index (χ2v) is 5.76. The van der Waals surface area contributed by atoms with E-state index in [1.165, 1.54) is 0 Å². The van der Waals surface area contributed by atoms with Gasteiger partial charge in [0.05, 0.1) is 18.0 Å². The Kier molecular flexibility index (Phi) is 2.43. The molecule has 1 spiro atoms. The molecule has 104 valence electrons. The van der Waals surface area contributed by atoms with Crippen LogP contribution in [0.2, 0.25) is 0 Å². The van der Waals surface area contributed by atoms with E-state index in [0.717, 1.165) is 36.3 Å². The maximum absolute atomic E-state index is 12.2. The molecule has 5 heteroatoms. The van der Waals surface area contributed by atoms with Crippen LogP contribution in [0.5, 0.6) is 0 Å². The Morgan fingerprint density at radius 3 is 3.19 bits per heavy atom. The summed E-state index contributed by atoms with van der Waals surface area (Å²) in [6, 6.07) is 7.70. The summed E-state index contributed by atoms with van der Waals surface area (Å²) in [6.45, 7) is 0.949. The molecule has 3 heterocycles. The van der Waals surface area contributed by atoms with Crippen LogP contribution in [-0.4, -0.2) is 15.5 Å². The Hall–Kier alpha value is -2.61. The zero-order chi connectivity index (χ0) is 14.4. The Balaban J connectivity index is 1.97. The number of fused-ring (bicyclic) bond motifs is 4. The molecular formula is C16H14N4O. The minimum absolute atomic E-state index is 0.00670. The minimum Gasteiger partial charge on any atom is -0.334 e. The monoisotopic (exact) mass is 278 g/mol. The van der Waals surface area contributed by atoms with Crippen LogP contribution in [-0.2, 0) is 16.8 Å². The first-order chi connectivity index (χ1) is 10.2. The topological polar surface area (TPSA) is 70.7 Å². The first-order valence-electron chi connectivity index (χ1n) is 7.08. The number of nitrogens with one attached hydrogen (secondary N) is 1. The third-order valence-electron chi connectivity index (χ3n) is 4.61. The molecule has 1 N–H and O–H groups in total. The van der Waals surface area contributed by atoms with Gasteiger partial charge in [0.1, 0.15) is 0 Å². The smallest absolute Gasteiger partial charge is 0.225 e. The number of hydrogen-bond donors (Lipinski definition) is 1. The van der Waals surface area contributed by atoms with Gasteiger partial charge in [-0.05, 0) is 30.5 Å². The van der Waals surface area contributed by atoms with Crippen LogP contribution in [0.1, 0.15) is 36.1 Å². The molecule has 0 bridgehead atoms. The molecule has 2 aliphatic heterocycles. The van der Waals surface area contributed by atoms with Crippen LogP contribution >= 0.6 is 0 Å². The molecule has 1 amide bonds. The Labute approximate surface area is 122 Å². The van der Waals surface area contributed by atoms with E-state index in [1.807, 2.05) is 24.7 Å². The van der Waals surface area contributed by atoms with Crippen LogP contribution in [0.4, 0.5) is 5.69 Å². The fourth-order valence-corrected chi connectivity index (χ4v) is 3.73. The van der Waals surface area contributed by atoms with Crippen LogP contribution in [0, 0.1) is 11.3 Å². The summed E-state index contributed by atoms with van der Waals surface area (Å²) < 4.78 is 2.14. The van der Waals surface area contributed by atoms with E-state index < -0.39 is 0 Å². The first kappa shape index (κ1) is 12.2. The van der Waals surface area contributed by atoms with E-state index in [9.17, 15) is 4.79 Å². The first-order valence-corrected chi connectivity index (χ1v) is 7.08. The maximum Gasteiger partial charge on any atom is 0.225 e. The van der Waals surface area contributed by atoms with Crippen molar-refractivity contribution in [1.29, 1.82) is 5.26 Å². The fraction of sp³-hybridized carbons (Fsp3) is 0.312. The molecule has 5 nitrogen and oxygen atoms in total. The van der Waals surface area contributed by atoms with E-state index in [2.05, 4.69) is 20.9 Å². The van der Waals surface area contributed by atoms with Gasteiger partial charge in [0.2, 0.25) is 5.91 Å². The Morgan fingerprint density at radius 1 is 1.43 bits per heavy atom. The van der Waals surface area contributed by atoms with Gasteiger partial charge in [-0.2, -0.15) is 5.26 Å². The van der Waals surface area contributed by atoms with Gasteiger partial charge in [0.25, 0.3) is 0 Å². The van der Waals surface area contributed by atoms with Gasteiger partial charge < -0.3 is 9.88 Å². The second-order valence-electron chi connectivity index (χ2n) is 5.76. The molecule has 1 aromatic heterocycles. The molecule has 1 atom stereocenters. The molecule has 0 fully saturated rings. The van der Waals surface area contributed by atoms with Crippen LogP contribution in [0.25, 0.3) is 0 Å². The highest BCUT2D eigenvalue weighted by molar-refractivity contribution is 5.96. The van der Waals surface area contributed by atoms with Gasteiger partial charge in [-0.3, -0.25) is 4.79 Å². The molecule has 0 saturated heterocycles. The molecule has 0 saturated carbocycles. The Bertz CT molecular complexity index is 786. The van der Waals surface area contributed by atoms with Crippen LogP contribution in [0.3, 0.4) is 0 Å². The van der Waals surface area contributed by atoms with Crippen molar-refractivity contribution >= 4 is 11.6 Å². The number of carbonyl (C=O) groups is 1. The zero-order valence-corrected chi connectivity index (χ0v) is 11.5. The van der Waals surface area contributed by atoms with Gasteiger partial charge in [0, 0.05) is 36.0 Å². The summed E-state index contributed by atoms with van der Waals surface area (Å²) in [7, 11) is 0. The Morgan fingerprint density at radius 2 is 2.33 bits per heavy atom. The third-order valence-corrected chi connectivity index (χ3v) is 4.61. The highest BCUT2D eigenvalue weighted by Gasteiger charge is 2.45. The lowest BCUT2D eigenvalue weighted by atomic mass is 9.67. The predicted molar refractivity (Wildman–Crippen MR) is 76.6 cm³/mol. The summed E-state index contributed by atoms with van der Waals surface area (Å²) >= 11 is 0. The molecule has 2 aromatic rings. The van der Waals surface area contributed by atoms with E-state index >= 15 is 0 Å². The number of aromatic nitrogens is 2. The summed E-state index contributed by atoms with van der Waals surface area (Å²) in [6.07, 6.45) is 6.12. The number of nitriles is 1. The summed E-state index contributed by atoms with van der Waals surface area (Å²) in [5, 5.41) is 12.0. The fourth-order valence-electron chi connectivity index (χ4n) is 3.73. The molecule has 1 unspecified atom stereocenters. The van der Waals surface area contributed by atoms with E-state index in [1.54, 1.807) is 6.07 Å². The van der Waals surface area contributed by atoms with E-state index in [0.29, 0.717) is 12.0 Å². The highest BCUT2D eigenvalue weighted by Crippen LogP contribution is 2.48. The predicted octanol–water partition coefficient (Wildman–Crippen LogP) is 2.18. The maximum atomic E-state index is 12.2. The number of rotatable bonds is 0. The second kappa shape index (κ2) is 4.19. The number of anilines is 1. The number of nitrogens with zero attached hydrogens (tertiary/aromatic N) is 3. The van der Waals surface area contributed by atoms with Crippen molar-refractivity contribution in [3.8, 4) is 6.07 Å². The van der Waals surface area contributed by atoms with Gasteiger partial charge in [-0.1, -0.05) is 6.07 Å². The summed E-state index contributed by atoms with van der Waals surface area (Å²) in [4.78, 5) is 16.5. The molecule has 2 aliphatic rings. The molecule has 21 heavy (non-hydrogen) atoms. The lowest BCUT2D eigenvalue weighted by Crippen LogP contribution is -2.42. The van der Waals surface area contributed by atoms with Gasteiger partial charge in [0.15, 0.2) is 0 Å². The number of benzene rings is 1. The lowest BCUT2D eigenvalue weighted by molar-refractivity contribution is -0.117. The van der Waals surface area contributed by atoms with Crippen molar-refractivity contribution in [2.45, 2.75) is 31.2 Å². The quantitative estimate of drug-likeness (QED) is 0.803. The molecule has 4 rings (SSSR count). The lowest BCUT2D eigenvalue weighted by Gasteiger charge is -2.41. The largest absolute Gasteiger partial charge is 0.334 e. The van der Waals surface area contributed by atoms with Crippen LogP contribution < -0.4 is 5.32 Å². The number of carbonyl (C=O) groups excluding carboxylic acids is 1. The van der Waals surface area contributed by atoms with Crippen molar-refractivity contribution in [3.05, 3.63) is 47.5 Å².